The largest absolute Gasteiger partial charge is 0.364 e. The van der Waals surface area contributed by atoms with Crippen LogP contribution in [0.4, 0.5) is 0 Å². The number of nitrogens with two attached hydrogens (primary N) is 1. The van der Waals surface area contributed by atoms with E-state index in [-0.39, 0.29) is 24.6 Å². The maximum Gasteiger partial charge on any atom is 0.255 e. The molecule has 6 heteroatoms. The molecule has 2 aliphatic rings. The van der Waals surface area contributed by atoms with E-state index in [0.29, 0.717) is 18.4 Å². The molecule has 2 heterocycles. The summed E-state index contributed by atoms with van der Waals surface area (Å²) < 4.78 is 10.9. The molecule has 3 rings (SSSR count). The van der Waals surface area contributed by atoms with Crippen LogP contribution in [0, 0.1) is 0 Å². The van der Waals surface area contributed by atoms with Gasteiger partial charge in [-0.3, -0.25) is 0 Å². The van der Waals surface area contributed by atoms with Gasteiger partial charge >= 0.3 is 0 Å². The van der Waals surface area contributed by atoms with Gasteiger partial charge in [-0.25, -0.2) is 0 Å². The molecule has 1 aromatic rings. The first-order valence-electron chi connectivity index (χ1n) is 5.56. The fourth-order valence-corrected chi connectivity index (χ4v) is 1.95. The third-order valence-electron chi connectivity index (χ3n) is 3.05. The van der Waals surface area contributed by atoms with E-state index in [0.717, 1.165) is 18.7 Å². The van der Waals surface area contributed by atoms with Crippen LogP contribution in [0.1, 0.15) is 49.4 Å². The molecule has 5 nitrogen and oxygen atoms in total. The second-order valence-electron chi connectivity index (χ2n) is 4.32. The maximum atomic E-state index is 5.69. The first kappa shape index (κ1) is 11.8. The number of aromatic nitrogens is 2. The van der Waals surface area contributed by atoms with Crippen LogP contribution >= 0.6 is 12.4 Å². The van der Waals surface area contributed by atoms with E-state index < -0.39 is 0 Å². The van der Waals surface area contributed by atoms with Gasteiger partial charge in [-0.05, 0) is 25.7 Å². The summed E-state index contributed by atoms with van der Waals surface area (Å²) in [5.74, 6) is 2.02. The highest BCUT2D eigenvalue weighted by molar-refractivity contribution is 5.85. The summed E-state index contributed by atoms with van der Waals surface area (Å²) in [4.78, 5) is 4.38. The molecule has 1 aliphatic heterocycles. The van der Waals surface area contributed by atoms with Gasteiger partial charge in [0.05, 0.1) is 6.10 Å². The van der Waals surface area contributed by atoms with Crippen LogP contribution < -0.4 is 5.73 Å². The second kappa shape index (κ2) is 4.69. The topological polar surface area (TPSA) is 74.2 Å². The first-order chi connectivity index (χ1) is 7.36. The van der Waals surface area contributed by atoms with E-state index in [9.17, 15) is 0 Å². The number of halogens is 1. The Morgan fingerprint density at radius 1 is 1.25 bits per heavy atom. The average Bonchev–Trinajstić information content (AvgIpc) is 2.84. The molecule has 0 aromatic carbocycles. The minimum Gasteiger partial charge on any atom is -0.364 e. The Morgan fingerprint density at radius 2 is 2.06 bits per heavy atom. The van der Waals surface area contributed by atoms with Crippen molar-refractivity contribution in [2.24, 2.45) is 5.73 Å². The van der Waals surface area contributed by atoms with Gasteiger partial charge < -0.3 is 15.0 Å². The average molecular weight is 246 g/mol. The standard InChI is InChI=1S/C10H15N3O2.ClH/c11-5-7-3-4-8(14-7)10-12-9(13-15-10)6-1-2-6;/h6-8H,1-5,11H2;1H. The lowest BCUT2D eigenvalue weighted by Crippen LogP contribution is -2.18. The summed E-state index contributed by atoms with van der Waals surface area (Å²) in [7, 11) is 0. The van der Waals surface area contributed by atoms with E-state index in [2.05, 4.69) is 10.1 Å². The summed E-state index contributed by atoms with van der Waals surface area (Å²) >= 11 is 0. The zero-order chi connectivity index (χ0) is 10.3. The molecule has 0 spiro atoms. The van der Waals surface area contributed by atoms with Crippen molar-refractivity contribution in [1.82, 2.24) is 10.1 Å². The van der Waals surface area contributed by atoms with Crippen molar-refractivity contribution in [3.63, 3.8) is 0 Å². The zero-order valence-electron chi connectivity index (χ0n) is 8.96. The minimum absolute atomic E-state index is 0. The van der Waals surface area contributed by atoms with Crippen LogP contribution in [0.5, 0.6) is 0 Å². The van der Waals surface area contributed by atoms with Crippen molar-refractivity contribution < 1.29 is 9.26 Å². The second-order valence-corrected chi connectivity index (χ2v) is 4.32. The van der Waals surface area contributed by atoms with Crippen molar-refractivity contribution in [2.75, 3.05) is 6.54 Å². The number of hydrogen-bond acceptors (Lipinski definition) is 5. The molecule has 1 saturated heterocycles. The Labute approximate surface area is 100 Å². The zero-order valence-corrected chi connectivity index (χ0v) is 9.78. The van der Waals surface area contributed by atoms with Crippen LogP contribution in [-0.4, -0.2) is 22.8 Å². The smallest absolute Gasteiger partial charge is 0.255 e. The monoisotopic (exact) mass is 245 g/mol. The SMILES string of the molecule is Cl.NCC1CCC(c2nc(C3CC3)no2)O1. The van der Waals surface area contributed by atoms with Crippen LogP contribution in [0.2, 0.25) is 0 Å². The van der Waals surface area contributed by atoms with Gasteiger partial charge in [-0.2, -0.15) is 4.98 Å². The van der Waals surface area contributed by atoms with Crippen molar-refractivity contribution in [3.8, 4) is 0 Å². The van der Waals surface area contributed by atoms with Crippen molar-refractivity contribution in [3.05, 3.63) is 11.7 Å². The van der Waals surface area contributed by atoms with Crippen molar-refractivity contribution >= 4 is 12.4 Å². The van der Waals surface area contributed by atoms with Crippen LogP contribution in [0.15, 0.2) is 4.52 Å². The summed E-state index contributed by atoms with van der Waals surface area (Å²) in [6.45, 7) is 0.570. The quantitative estimate of drug-likeness (QED) is 0.875. The van der Waals surface area contributed by atoms with E-state index in [1.807, 2.05) is 0 Å². The lowest BCUT2D eigenvalue weighted by atomic mass is 10.2. The number of nitrogens with zero attached hydrogens (tertiary/aromatic N) is 2. The molecule has 1 saturated carbocycles. The minimum atomic E-state index is -0.0291. The summed E-state index contributed by atoms with van der Waals surface area (Å²) in [5.41, 5.74) is 5.55. The van der Waals surface area contributed by atoms with E-state index in [4.69, 9.17) is 15.0 Å². The van der Waals surface area contributed by atoms with Gasteiger partial charge in [0, 0.05) is 12.5 Å². The van der Waals surface area contributed by atoms with Gasteiger partial charge in [0.1, 0.15) is 6.10 Å². The number of rotatable bonds is 3. The van der Waals surface area contributed by atoms with Crippen LogP contribution in [0.25, 0.3) is 0 Å². The van der Waals surface area contributed by atoms with Gasteiger partial charge in [0.15, 0.2) is 5.82 Å². The van der Waals surface area contributed by atoms with Gasteiger partial charge in [-0.1, -0.05) is 5.16 Å². The molecular weight excluding hydrogens is 230 g/mol. The highest BCUT2D eigenvalue weighted by Crippen LogP contribution is 2.39. The summed E-state index contributed by atoms with van der Waals surface area (Å²) in [6.07, 6.45) is 4.44. The van der Waals surface area contributed by atoms with Crippen molar-refractivity contribution in [2.45, 2.75) is 43.8 Å². The van der Waals surface area contributed by atoms with E-state index >= 15 is 0 Å². The predicted molar refractivity (Wildman–Crippen MR) is 59.4 cm³/mol. The molecule has 2 fully saturated rings. The summed E-state index contributed by atoms with van der Waals surface area (Å²) in [6, 6.07) is 0. The number of ether oxygens (including phenoxy) is 1. The number of hydrogen-bond donors (Lipinski definition) is 1. The van der Waals surface area contributed by atoms with Crippen LogP contribution in [0.3, 0.4) is 0 Å². The maximum absolute atomic E-state index is 5.69. The summed E-state index contributed by atoms with van der Waals surface area (Å²) in [5, 5.41) is 3.98. The lowest BCUT2D eigenvalue weighted by molar-refractivity contribution is 0.0307. The van der Waals surface area contributed by atoms with Crippen LogP contribution in [-0.2, 0) is 4.74 Å². The van der Waals surface area contributed by atoms with Gasteiger partial charge in [0.25, 0.3) is 5.89 Å². The Hall–Kier alpha value is -0.650. The van der Waals surface area contributed by atoms with Crippen molar-refractivity contribution in [1.29, 1.82) is 0 Å². The molecule has 16 heavy (non-hydrogen) atoms. The Morgan fingerprint density at radius 3 is 2.69 bits per heavy atom. The first-order valence-corrected chi connectivity index (χ1v) is 5.56. The van der Waals surface area contributed by atoms with E-state index in [1.165, 1.54) is 12.8 Å². The predicted octanol–water partition coefficient (Wildman–Crippen LogP) is 1.55. The highest BCUT2D eigenvalue weighted by atomic mass is 35.5. The molecule has 2 unspecified atom stereocenters. The molecule has 1 aliphatic carbocycles. The fourth-order valence-electron chi connectivity index (χ4n) is 1.95. The molecule has 2 N–H and O–H groups in total. The fraction of sp³-hybridized carbons (Fsp3) is 0.800. The Kier molecular flexibility index (Phi) is 3.47. The Bertz CT molecular complexity index is 354. The lowest BCUT2D eigenvalue weighted by Gasteiger charge is -2.07. The molecule has 0 radical (unpaired) electrons. The molecule has 1 aromatic heterocycles. The Balaban J connectivity index is 0.000000963. The normalized spacial score (nSPS) is 29.1. The van der Waals surface area contributed by atoms with Gasteiger partial charge in [-0.15, -0.1) is 12.4 Å². The third kappa shape index (κ3) is 2.21. The molecule has 90 valence electrons. The molecular formula is C10H16ClN3O2. The van der Waals surface area contributed by atoms with E-state index in [1.54, 1.807) is 0 Å². The highest BCUT2D eigenvalue weighted by Gasteiger charge is 2.33. The molecule has 2 atom stereocenters. The third-order valence-corrected chi connectivity index (χ3v) is 3.05. The molecule has 0 amide bonds. The molecule has 0 bridgehead atoms. The van der Waals surface area contributed by atoms with Gasteiger partial charge in [0.2, 0.25) is 0 Å².